The molecule has 1 unspecified atom stereocenters. The number of piperazine rings is 1. The first-order valence-electron chi connectivity index (χ1n) is 11.6. The number of H-pyrrole nitrogens is 1. The van der Waals surface area contributed by atoms with Crippen LogP contribution in [0, 0.1) is 11.3 Å². The molecule has 10 nitrogen and oxygen atoms in total. The van der Waals surface area contributed by atoms with Gasteiger partial charge in [-0.3, -0.25) is 19.5 Å². The van der Waals surface area contributed by atoms with Crippen molar-refractivity contribution in [1.29, 1.82) is 5.26 Å². The van der Waals surface area contributed by atoms with Crippen LogP contribution in [0.4, 0.5) is 5.82 Å². The highest BCUT2D eigenvalue weighted by Crippen LogP contribution is 2.32. The summed E-state index contributed by atoms with van der Waals surface area (Å²) in [5.41, 5.74) is 3.80. The fraction of sp³-hybridized carbons (Fsp3) is 0.417. The number of nitriles is 1. The minimum absolute atomic E-state index is 0.115. The highest BCUT2D eigenvalue weighted by atomic mass is 16.1. The molecule has 0 amide bonds. The molecular formula is C24H27N9O. The van der Waals surface area contributed by atoms with Gasteiger partial charge in [-0.25, -0.2) is 4.79 Å². The second-order valence-corrected chi connectivity index (χ2v) is 8.85. The summed E-state index contributed by atoms with van der Waals surface area (Å²) >= 11 is 0. The lowest BCUT2D eigenvalue weighted by Gasteiger charge is -2.48. The number of rotatable bonds is 5. The molecule has 0 spiro atoms. The summed E-state index contributed by atoms with van der Waals surface area (Å²) in [6.07, 6.45) is 6.08. The van der Waals surface area contributed by atoms with Gasteiger partial charge in [0.15, 0.2) is 11.3 Å². The van der Waals surface area contributed by atoms with Gasteiger partial charge in [-0.05, 0) is 38.0 Å². The van der Waals surface area contributed by atoms with E-state index in [1.165, 1.54) is 10.2 Å². The number of benzene rings is 1. The van der Waals surface area contributed by atoms with Crippen LogP contribution in [0.25, 0.3) is 22.1 Å². The van der Waals surface area contributed by atoms with E-state index in [-0.39, 0.29) is 24.7 Å². The predicted molar refractivity (Wildman–Crippen MR) is 129 cm³/mol. The quantitative estimate of drug-likeness (QED) is 0.486. The Morgan fingerprint density at radius 1 is 1.24 bits per heavy atom. The number of aromatic nitrogens is 6. The first-order chi connectivity index (χ1) is 16.5. The average Bonchev–Trinajstić information content (AvgIpc) is 3.25. The predicted octanol–water partition coefficient (Wildman–Crippen LogP) is 2.64. The van der Waals surface area contributed by atoms with Gasteiger partial charge in [0.1, 0.15) is 6.54 Å². The number of aromatic amines is 1. The van der Waals surface area contributed by atoms with Crippen molar-refractivity contribution in [1.82, 2.24) is 34.6 Å². The summed E-state index contributed by atoms with van der Waals surface area (Å²) in [4.78, 5) is 32.9. The third-order valence-corrected chi connectivity index (χ3v) is 6.76. The zero-order valence-electron chi connectivity index (χ0n) is 19.5. The second-order valence-electron chi connectivity index (χ2n) is 8.85. The smallest absolute Gasteiger partial charge is 0.347 e. The number of hydrogen-bond acceptors (Lipinski definition) is 8. The summed E-state index contributed by atoms with van der Waals surface area (Å²) in [5, 5.41) is 13.6. The van der Waals surface area contributed by atoms with E-state index < -0.39 is 5.69 Å². The van der Waals surface area contributed by atoms with Crippen LogP contribution < -0.4 is 10.6 Å². The highest BCUT2D eigenvalue weighted by molar-refractivity contribution is 5.85. The van der Waals surface area contributed by atoms with Crippen molar-refractivity contribution >= 4 is 27.9 Å². The van der Waals surface area contributed by atoms with Gasteiger partial charge in [-0.2, -0.15) is 15.3 Å². The maximum atomic E-state index is 12.3. The molecule has 1 N–H and O–H groups in total. The molecule has 0 radical (unpaired) electrons. The fourth-order valence-corrected chi connectivity index (χ4v) is 4.95. The minimum atomic E-state index is -0.410. The molecule has 10 heteroatoms. The van der Waals surface area contributed by atoms with Crippen LogP contribution in [0.5, 0.6) is 0 Å². The summed E-state index contributed by atoms with van der Waals surface area (Å²) in [5.74, 6) is 0.578. The van der Waals surface area contributed by atoms with Crippen LogP contribution in [0.15, 0.2) is 41.6 Å². The lowest BCUT2D eigenvalue weighted by molar-refractivity contribution is 0.106. The molecule has 3 atom stereocenters. The Morgan fingerprint density at radius 3 is 2.79 bits per heavy atom. The summed E-state index contributed by atoms with van der Waals surface area (Å²) < 4.78 is 1.54. The molecule has 0 bridgehead atoms. The second kappa shape index (κ2) is 8.83. The Bertz CT molecular complexity index is 1440. The van der Waals surface area contributed by atoms with E-state index in [9.17, 15) is 4.79 Å². The molecule has 1 saturated heterocycles. The van der Waals surface area contributed by atoms with Gasteiger partial charge < -0.3 is 9.88 Å². The zero-order chi connectivity index (χ0) is 23.8. The van der Waals surface area contributed by atoms with E-state index in [0.717, 1.165) is 30.5 Å². The molecule has 34 heavy (non-hydrogen) atoms. The molecule has 1 aliphatic rings. The van der Waals surface area contributed by atoms with E-state index in [4.69, 9.17) is 5.26 Å². The molecule has 1 fully saturated rings. The zero-order valence-corrected chi connectivity index (χ0v) is 19.5. The van der Waals surface area contributed by atoms with Crippen molar-refractivity contribution in [2.24, 2.45) is 0 Å². The number of anilines is 1. The summed E-state index contributed by atoms with van der Waals surface area (Å²) in [6, 6.07) is 8.96. The first-order valence-corrected chi connectivity index (χ1v) is 11.6. The van der Waals surface area contributed by atoms with Gasteiger partial charge in [-0.15, -0.1) is 0 Å². The van der Waals surface area contributed by atoms with Gasteiger partial charge >= 0.3 is 5.69 Å². The lowest BCUT2D eigenvalue weighted by atomic mass is 9.98. The molecule has 174 valence electrons. The molecule has 3 aromatic heterocycles. The van der Waals surface area contributed by atoms with Crippen LogP contribution in [0.1, 0.15) is 38.8 Å². The maximum absolute atomic E-state index is 12.3. The van der Waals surface area contributed by atoms with Gasteiger partial charge in [0.2, 0.25) is 0 Å². The molecule has 4 heterocycles. The third kappa shape index (κ3) is 3.88. The lowest BCUT2D eigenvalue weighted by Crippen LogP contribution is -2.58. The molecule has 1 aliphatic heterocycles. The van der Waals surface area contributed by atoms with E-state index in [0.29, 0.717) is 16.9 Å². The topological polar surface area (TPSA) is 120 Å². The van der Waals surface area contributed by atoms with Gasteiger partial charge in [0, 0.05) is 43.6 Å². The number of fused-ring (bicyclic) bond motifs is 2. The van der Waals surface area contributed by atoms with E-state index >= 15 is 0 Å². The normalized spacial score (nSPS) is 20.0. The largest absolute Gasteiger partial charge is 0.349 e. The van der Waals surface area contributed by atoms with Crippen LogP contribution in [0.2, 0.25) is 0 Å². The van der Waals surface area contributed by atoms with E-state index in [1.54, 1.807) is 18.6 Å². The summed E-state index contributed by atoms with van der Waals surface area (Å²) in [7, 11) is 0. The highest BCUT2D eigenvalue weighted by Gasteiger charge is 2.35. The van der Waals surface area contributed by atoms with Gasteiger partial charge in [0.05, 0.1) is 28.8 Å². The van der Waals surface area contributed by atoms with Crippen molar-refractivity contribution in [2.75, 3.05) is 18.0 Å². The van der Waals surface area contributed by atoms with Crippen LogP contribution >= 0.6 is 0 Å². The van der Waals surface area contributed by atoms with Crippen LogP contribution in [0.3, 0.4) is 0 Å². The third-order valence-electron chi connectivity index (χ3n) is 6.76. The van der Waals surface area contributed by atoms with Crippen molar-refractivity contribution in [2.45, 2.75) is 51.9 Å². The fourth-order valence-electron chi connectivity index (χ4n) is 4.95. The Labute approximate surface area is 196 Å². The Hall–Kier alpha value is -3.84. The van der Waals surface area contributed by atoms with Crippen molar-refractivity contribution in [3.63, 3.8) is 0 Å². The van der Waals surface area contributed by atoms with Crippen molar-refractivity contribution < 1.29 is 0 Å². The van der Waals surface area contributed by atoms with Crippen molar-refractivity contribution in [3.8, 4) is 6.07 Å². The molecule has 5 rings (SSSR count). The minimum Gasteiger partial charge on any atom is -0.349 e. The summed E-state index contributed by atoms with van der Waals surface area (Å²) in [6.45, 7) is 8.23. The van der Waals surface area contributed by atoms with E-state index in [2.05, 4.69) is 73.8 Å². The van der Waals surface area contributed by atoms with Gasteiger partial charge in [-0.1, -0.05) is 13.0 Å². The number of nitrogens with zero attached hydrogens (tertiary/aromatic N) is 8. The Balaban J connectivity index is 1.46. The van der Waals surface area contributed by atoms with E-state index in [1.807, 2.05) is 6.07 Å². The Kier molecular flexibility index (Phi) is 5.71. The first kappa shape index (κ1) is 22.0. The molecular weight excluding hydrogens is 430 g/mol. The van der Waals surface area contributed by atoms with Gasteiger partial charge in [0.25, 0.3) is 0 Å². The monoisotopic (exact) mass is 457 g/mol. The molecule has 0 saturated carbocycles. The molecule has 0 aliphatic carbocycles. The standard InChI is InChI=1S/C24H27N9O/c1-4-18-13-32(23-22-21(28-24(34)29-23)14-31(30-22)10-7-25)15(2)12-33(18)16(3)17-5-6-19-20(11-17)27-9-8-26-19/h5-6,8-9,11,14-16,18H,4,10,12-13H2,1-3H3,(H,28,34)/t15-,16?,18+/m0/s1. The maximum Gasteiger partial charge on any atom is 0.347 e. The average molecular weight is 458 g/mol. The number of nitrogens with one attached hydrogen (secondary N) is 1. The van der Waals surface area contributed by atoms with Crippen LogP contribution in [-0.4, -0.2) is 59.8 Å². The number of hydrogen-bond donors (Lipinski definition) is 1. The molecule has 4 aromatic rings. The van der Waals surface area contributed by atoms with Crippen molar-refractivity contribution in [3.05, 3.63) is 52.8 Å². The van der Waals surface area contributed by atoms with Crippen LogP contribution in [-0.2, 0) is 6.54 Å². The SMILES string of the molecule is CC[C@@H]1CN(c2nc(=O)[nH]c3cn(CC#N)nc23)[C@@H](C)CN1C(C)c1ccc2nccnc2c1. The Morgan fingerprint density at radius 2 is 2.03 bits per heavy atom. The molecule has 1 aromatic carbocycles.